The van der Waals surface area contributed by atoms with Gasteiger partial charge in [0, 0.05) is 12.6 Å². The fraction of sp³-hybridized carbons (Fsp3) is 0.500. The molecule has 1 atom stereocenters. The highest BCUT2D eigenvalue weighted by molar-refractivity contribution is 7.99. The van der Waals surface area contributed by atoms with Gasteiger partial charge in [-0.25, -0.2) is 0 Å². The van der Waals surface area contributed by atoms with Gasteiger partial charge in [0.25, 0.3) is 0 Å². The summed E-state index contributed by atoms with van der Waals surface area (Å²) in [6.45, 7) is 6.44. The van der Waals surface area contributed by atoms with Crippen LogP contribution in [0.4, 0.5) is 0 Å². The van der Waals surface area contributed by atoms with E-state index in [1.54, 1.807) is 0 Å². The summed E-state index contributed by atoms with van der Waals surface area (Å²) in [4.78, 5) is 12.1. The van der Waals surface area contributed by atoms with Crippen LogP contribution < -0.4 is 14.8 Å². The number of carbonyl (C=O) groups is 1. The molecule has 1 amide bonds. The number of rotatable bonds is 6. The Bertz CT molecular complexity index is 790. The number of benzene rings is 1. The first-order valence-corrected chi connectivity index (χ1v) is 9.60. The second-order valence-electron chi connectivity index (χ2n) is 6.84. The lowest BCUT2D eigenvalue weighted by Crippen LogP contribution is -2.43. The van der Waals surface area contributed by atoms with Gasteiger partial charge in [-0.2, -0.15) is 0 Å². The van der Waals surface area contributed by atoms with Crippen LogP contribution in [-0.2, 0) is 11.8 Å². The van der Waals surface area contributed by atoms with E-state index in [1.807, 2.05) is 56.7 Å². The van der Waals surface area contributed by atoms with Crippen LogP contribution in [0.1, 0.15) is 39.1 Å². The van der Waals surface area contributed by atoms with E-state index in [9.17, 15) is 4.79 Å². The molecule has 0 saturated carbocycles. The van der Waals surface area contributed by atoms with Crippen LogP contribution >= 0.6 is 11.8 Å². The van der Waals surface area contributed by atoms with Gasteiger partial charge in [0.1, 0.15) is 6.61 Å². The van der Waals surface area contributed by atoms with Crippen LogP contribution in [0.25, 0.3) is 0 Å². The van der Waals surface area contributed by atoms with Gasteiger partial charge in [0.15, 0.2) is 28.6 Å². The van der Waals surface area contributed by atoms with E-state index >= 15 is 0 Å². The fourth-order valence-electron chi connectivity index (χ4n) is 2.51. The van der Waals surface area contributed by atoms with Crippen molar-refractivity contribution >= 4 is 17.7 Å². The maximum atomic E-state index is 12.1. The molecule has 0 fully saturated rings. The molecule has 8 heteroatoms. The Hall–Kier alpha value is -2.22. The molecule has 1 aliphatic heterocycles. The Morgan fingerprint density at radius 2 is 2.08 bits per heavy atom. The van der Waals surface area contributed by atoms with E-state index in [2.05, 4.69) is 15.5 Å². The Labute approximate surface area is 157 Å². The largest absolute Gasteiger partial charge is 0.485 e. The predicted molar refractivity (Wildman–Crippen MR) is 99.5 cm³/mol. The summed E-state index contributed by atoms with van der Waals surface area (Å²) in [5.74, 6) is 2.38. The molecule has 2 aromatic rings. The standard InChI is InChI=1S/C18H24N4O3S/c1-5-18(2,3)19-15(23)11-26-17-21-20-16(22(17)4)14-10-24-12-8-6-7-9-13(12)25-14/h6-9,14H,5,10-11H2,1-4H3,(H,19,23). The molecule has 1 N–H and O–H groups in total. The minimum atomic E-state index is -0.329. The molecule has 1 aromatic heterocycles. The molecule has 0 spiro atoms. The van der Waals surface area contributed by atoms with Gasteiger partial charge in [-0.15, -0.1) is 10.2 Å². The topological polar surface area (TPSA) is 78.3 Å². The van der Waals surface area contributed by atoms with Crippen molar-refractivity contribution in [3.63, 3.8) is 0 Å². The zero-order valence-corrected chi connectivity index (χ0v) is 16.3. The van der Waals surface area contributed by atoms with Gasteiger partial charge in [0.2, 0.25) is 5.91 Å². The van der Waals surface area contributed by atoms with E-state index in [0.717, 1.165) is 12.2 Å². The fourth-order valence-corrected chi connectivity index (χ4v) is 3.23. The first-order chi connectivity index (χ1) is 12.4. The highest BCUT2D eigenvalue weighted by atomic mass is 32.2. The van der Waals surface area contributed by atoms with Gasteiger partial charge < -0.3 is 19.4 Å². The molecule has 7 nitrogen and oxygen atoms in total. The van der Waals surface area contributed by atoms with Crippen LogP contribution in [0, 0.1) is 0 Å². The van der Waals surface area contributed by atoms with Crippen molar-refractivity contribution in [1.82, 2.24) is 20.1 Å². The summed E-state index contributed by atoms with van der Waals surface area (Å²) in [5.41, 5.74) is -0.205. The maximum absolute atomic E-state index is 12.1. The molecule has 0 radical (unpaired) electrons. The number of hydrogen-bond donors (Lipinski definition) is 1. The summed E-state index contributed by atoms with van der Waals surface area (Å²) in [7, 11) is 1.87. The van der Waals surface area contributed by atoms with Crippen LogP contribution in [0.2, 0.25) is 0 Å². The van der Waals surface area contributed by atoms with Crippen molar-refractivity contribution in [2.75, 3.05) is 12.4 Å². The normalized spacial score (nSPS) is 16.4. The van der Waals surface area contributed by atoms with E-state index in [1.165, 1.54) is 11.8 Å². The summed E-state index contributed by atoms with van der Waals surface area (Å²) in [6.07, 6.45) is 0.544. The third-order valence-corrected chi connectivity index (χ3v) is 5.38. The van der Waals surface area contributed by atoms with Crippen molar-refractivity contribution in [2.45, 2.75) is 44.0 Å². The number of aromatic nitrogens is 3. The smallest absolute Gasteiger partial charge is 0.230 e. The van der Waals surface area contributed by atoms with E-state index in [4.69, 9.17) is 9.47 Å². The zero-order chi connectivity index (χ0) is 18.7. The monoisotopic (exact) mass is 376 g/mol. The number of para-hydroxylation sites is 2. The average molecular weight is 376 g/mol. The molecule has 0 bridgehead atoms. The van der Waals surface area contributed by atoms with Gasteiger partial charge >= 0.3 is 0 Å². The number of amides is 1. The number of fused-ring (bicyclic) bond motifs is 1. The quantitative estimate of drug-likeness (QED) is 0.781. The summed E-state index contributed by atoms with van der Waals surface area (Å²) in [5, 5.41) is 12.1. The third kappa shape index (κ3) is 4.12. The van der Waals surface area contributed by atoms with Crippen LogP contribution in [0.5, 0.6) is 11.5 Å². The lowest BCUT2D eigenvalue weighted by atomic mass is 10.0. The molecule has 3 rings (SSSR count). The van der Waals surface area contributed by atoms with Crippen molar-refractivity contribution in [2.24, 2.45) is 7.05 Å². The minimum absolute atomic E-state index is 0.0161. The third-order valence-electron chi connectivity index (χ3n) is 4.36. The summed E-state index contributed by atoms with van der Waals surface area (Å²) >= 11 is 1.36. The van der Waals surface area contributed by atoms with Gasteiger partial charge in [-0.3, -0.25) is 4.79 Å². The molecule has 1 unspecified atom stereocenters. The number of carbonyl (C=O) groups excluding carboxylic acids is 1. The number of nitrogens with one attached hydrogen (secondary N) is 1. The number of ether oxygens (including phenoxy) is 2. The van der Waals surface area contributed by atoms with E-state index in [0.29, 0.717) is 29.1 Å². The average Bonchev–Trinajstić information content (AvgIpc) is 3.00. The van der Waals surface area contributed by atoms with E-state index in [-0.39, 0.29) is 17.6 Å². The second-order valence-corrected chi connectivity index (χ2v) is 7.78. The molecule has 140 valence electrons. The first-order valence-electron chi connectivity index (χ1n) is 8.61. The summed E-state index contributed by atoms with van der Waals surface area (Å²) in [6, 6.07) is 7.55. The van der Waals surface area contributed by atoms with E-state index < -0.39 is 0 Å². The molecule has 0 aliphatic carbocycles. The van der Waals surface area contributed by atoms with Gasteiger partial charge in [0.05, 0.1) is 5.75 Å². The summed E-state index contributed by atoms with van der Waals surface area (Å²) < 4.78 is 13.6. The lowest BCUT2D eigenvalue weighted by molar-refractivity contribution is -0.120. The maximum Gasteiger partial charge on any atom is 0.230 e. The molecule has 1 aliphatic rings. The SMILES string of the molecule is CCC(C)(C)NC(=O)CSc1nnc(C2COc3ccccc3O2)n1C. The molecule has 1 aromatic carbocycles. The Morgan fingerprint density at radius 3 is 2.81 bits per heavy atom. The van der Waals surface area contributed by atoms with Crippen molar-refractivity contribution in [3.05, 3.63) is 30.1 Å². The van der Waals surface area contributed by atoms with Gasteiger partial charge in [-0.1, -0.05) is 30.8 Å². The van der Waals surface area contributed by atoms with Crippen LogP contribution in [0.15, 0.2) is 29.4 Å². The van der Waals surface area contributed by atoms with Crippen molar-refractivity contribution < 1.29 is 14.3 Å². The van der Waals surface area contributed by atoms with Crippen LogP contribution in [-0.4, -0.2) is 38.6 Å². The minimum Gasteiger partial charge on any atom is -0.485 e. The van der Waals surface area contributed by atoms with Crippen molar-refractivity contribution in [3.8, 4) is 11.5 Å². The predicted octanol–water partition coefficient (Wildman–Crippen LogP) is 2.72. The van der Waals surface area contributed by atoms with Crippen LogP contribution in [0.3, 0.4) is 0 Å². The molecule has 2 heterocycles. The second kappa shape index (κ2) is 7.57. The lowest BCUT2D eigenvalue weighted by Gasteiger charge is -2.25. The highest BCUT2D eigenvalue weighted by Crippen LogP contribution is 2.35. The number of hydrogen-bond acceptors (Lipinski definition) is 6. The molecule has 26 heavy (non-hydrogen) atoms. The highest BCUT2D eigenvalue weighted by Gasteiger charge is 2.27. The molecular weight excluding hydrogens is 352 g/mol. The Morgan fingerprint density at radius 1 is 1.35 bits per heavy atom. The Kier molecular flexibility index (Phi) is 5.41. The Balaban J connectivity index is 1.63. The molecular formula is C18H24N4O3S. The molecule has 0 saturated heterocycles. The number of thioether (sulfide) groups is 1. The van der Waals surface area contributed by atoms with Crippen molar-refractivity contribution in [1.29, 1.82) is 0 Å². The van der Waals surface area contributed by atoms with Gasteiger partial charge in [-0.05, 0) is 32.4 Å². The zero-order valence-electron chi connectivity index (χ0n) is 15.5. The number of nitrogens with zero attached hydrogens (tertiary/aromatic N) is 3. The first kappa shape index (κ1) is 18.6.